The number of hydrogen-bond donors (Lipinski definition) is 2. The van der Waals surface area contributed by atoms with Crippen LogP contribution in [0.2, 0.25) is 0 Å². The summed E-state index contributed by atoms with van der Waals surface area (Å²) in [4.78, 5) is 0. The van der Waals surface area contributed by atoms with Gasteiger partial charge in [-0.05, 0) is 20.0 Å². The molecule has 2 N–H and O–H groups in total. The van der Waals surface area contributed by atoms with Crippen LogP contribution in [-0.4, -0.2) is 12.2 Å². The summed E-state index contributed by atoms with van der Waals surface area (Å²) in [5.74, 6) is -0.420. The zero-order valence-electron chi connectivity index (χ0n) is 7.13. The van der Waals surface area contributed by atoms with Gasteiger partial charge in [-0.1, -0.05) is 6.07 Å². The van der Waals surface area contributed by atoms with Gasteiger partial charge in [0.15, 0.2) is 0 Å². The maximum atomic E-state index is 12.5. The van der Waals surface area contributed by atoms with Crippen molar-refractivity contribution >= 4 is 0 Å². The first kappa shape index (κ1) is 9.00. The molecule has 1 aromatic rings. The van der Waals surface area contributed by atoms with Crippen LogP contribution in [0.3, 0.4) is 0 Å². The monoisotopic (exact) mass is 169 g/mol. The molecular formula is C9H12FNO. The third-order valence-corrected chi connectivity index (χ3v) is 1.89. The van der Waals surface area contributed by atoms with Crippen LogP contribution in [0.15, 0.2) is 18.2 Å². The smallest absolute Gasteiger partial charge is 0.126 e. The molecule has 2 nitrogen and oxygen atoms in total. The number of benzene rings is 1. The Kier molecular flexibility index (Phi) is 2.65. The van der Waals surface area contributed by atoms with E-state index in [4.69, 9.17) is 0 Å². The first-order valence-electron chi connectivity index (χ1n) is 3.81. The van der Waals surface area contributed by atoms with Gasteiger partial charge in [0.25, 0.3) is 0 Å². The van der Waals surface area contributed by atoms with Crippen molar-refractivity contribution in [3.05, 3.63) is 29.6 Å². The van der Waals surface area contributed by atoms with Gasteiger partial charge in [0.1, 0.15) is 11.6 Å². The average molecular weight is 169 g/mol. The molecule has 0 aromatic heterocycles. The van der Waals surface area contributed by atoms with Crippen molar-refractivity contribution < 1.29 is 9.50 Å². The molecule has 0 unspecified atom stereocenters. The number of hydrogen-bond acceptors (Lipinski definition) is 2. The highest BCUT2D eigenvalue weighted by Crippen LogP contribution is 2.23. The third-order valence-electron chi connectivity index (χ3n) is 1.89. The molecule has 0 bridgehead atoms. The molecule has 1 atom stereocenters. The van der Waals surface area contributed by atoms with E-state index in [2.05, 4.69) is 5.32 Å². The molecule has 3 heteroatoms. The average Bonchev–Trinajstić information content (AvgIpc) is 2.03. The minimum absolute atomic E-state index is 0.00292. The highest BCUT2D eigenvalue weighted by atomic mass is 19.1. The molecule has 0 fully saturated rings. The fourth-order valence-corrected chi connectivity index (χ4v) is 1.04. The van der Waals surface area contributed by atoms with Crippen molar-refractivity contribution in [3.8, 4) is 5.75 Å². The quantitative estimate of drug-likeness (QED) is 0.707. The lowest BCUT2D eigenvalue weighted by Crippen LogP contribution is -2.12. The molecule has 0 aliphatic rings. The van der Waals surface area contributed by atoms with Crippen LogP contribution < -0.4 is 5.32 Å². The second-order valence-corrected chi connectivity index (χ2v) is 2.71. The number of aromatic hydroxyl groups is 1. The van der Waals surface area contributed by atoms with Crippen LogP contribution in [0.4, 0.5) is 4.39 Å². The minimum atomic E-state index is -0.417. The Morgan fingerprint density at radius 3 is 2.67 bits per heavy atom. The van der Waals surface area contributed by atoms with Crippen molar-refractivity contribution in [2.75, 3.05) is 7.05 Å². The summed E-state index contributed by atoms with van der Waals surface area (Å²) in [6.45, 7) is 1.90. The molecule has 0 radical (unpaired) electrons. The minimum Gasteiger partial charge on any atom is -0.508 e. The van der Waals surface area contributed by atoms with E-state index < -0.39 is 5.82 Å². The Hall–Kier alpha value is -1.09. The number of halogens is 1. The Morgan fingerprint density at radius 1 is 1.50 bits per heavy atom. The number of phenolic OH excluding ortho intramolecular Hbond substituents is 1. The molecule has 0 heterocycles. The maximum absolute atomic E-state index is 12.5. The molecule has 1 rings (SSSR count). The molecule has 0 amide bonds. The summed E-state index contributed by atoms with van der Waals surface area (Å²) in [6.07, 6.45) is 0. The van der Waals surface area contributed by atoms with E-state index in [1.54, 1.807) is 13.1 Å². The predicted octanol–water partition coefficient (Wildman–Crippen LogP) is 1.81. The number of phenols is 1. The lowest BCUT2D eigenvalue weighted by atomic mass is 10.1. The van der Waals surface area contributed by atoms with E-state index >= 15 is 0 Å². The summed E-state index contributed by atoms with van der Waals surface area (Å²) in [5, 5.41) is 12.3. The van der Waals surface area contributed by atoms with Crippen LogP contribution in [0.1, 0.15) is 18.5 Å². The van der Waals surface area contributed by atoms with Gasteiger partial charge in [-0.3, -0.25) is 0 Å². The van der Waals surface area contributed by atoms with Gasteiger partial charge in [0.05, 0.1) is 0 Å². The van der Waals surface area contributed by atoms with Crippen LogP contribution in [0, 0.1) is 5.82 Å². The molecule has 66 valence electrons. The fourth-order valence-electron chi connectivity index (χ4n) is 1.04. The molecule has 0 spiro atoms. The van der Waals surface area contributed by atoms with Crippen LogP contribution in [-0.2, 0) is 0 Å². The summed E-state index contributed by atoms with van der Waals surface area (Å²) in [6, 6.07) is 4.06. The van der Waals surface area contributed by atoms with Crippen LogP contribution >= 0.6 is 0 Å². The fraction of sp³-hybridized carbons (Fsp3) is 0.333. The molecule has 0 saturated carbocycles. The zero-order valence-corrected chi connectivity index (χ0v) is 7.13. The Morgan fingerprint density at radius 2 is 2.17 bits per heavy atom. The van der Waals surface area contributed by atoms with E-state index in [-0.39, 0.29) is 11.8 Å². The second kappa shape index (κ2) is 3.54. The van der Waals surface area contributed by atoms with Gasteiger partial charge in [0, 0.05) is 17.7 Å². The van der Waals surface area contributed by atoms with E-state index in [9.17, 15) is 9.50 Å². The van der Waals surface area contributed by atoms with E-state index in [0.717, 1.165) is 6.07 Å². The lowest BCUT2D eigenvalue weighted by molar-refractivity contribution is 0.452. The lowest BCUT2D eigenvalue weighted by Gasteiger charge is -2.11. The van der Waals surface area contributed by atoms with Crippen molar-refractivity contribution in [2.24, 2.45) is 0 Å². The molecule has 12 heavy (non-hydrogen) atoms. The van der Waals surface area contributed by atoms with Gasteiger partial charge in [0.2, 0.25) is 0 Å². The van der Waals surface area contributed by atoms with Crippen LogP contribution in [0.5, 0.6) is 5.75 Å². The highest BCUT2D eigenvalue weighted by Gasteiger charge is 2.07. The zero-order chi connectivity index (χ0) is 9.14. The molecule has 0 saturated heterocycles. The third kappa shape index (κ3) is 1.74. The predicted molar refractivity (Wildman–Crippen MR) is 45.5 cm³/mol. The van der Waals surface area contributed by atoms with Gasteiger partial charge in [-0.25, -0.2) is 4.39 Å². The van der Waals surface area contributed by atoms with Gasteiger partial charge in [-0.15, -0.1) is 0 Å². The van der Waals surface area contributed by atoms with Crippen molar-refractivity contribution in [2.45, 2.75) is 13.0 Å². The van der Waals surface area contributed by atoms with Crippen molar-refractivity contribution in [1.29, 1.82) is 0 Å². The highest BCUT2D eigenvalue weighted by molar-refractivity contribution is 5.34. The summed E-state index contributed by atoms with van der Waals surface area (Å²) < 4.78 is 12.5. The first-order valence-corrected chi connectivity index (χ1v) is 3.81. The Balaban J connectivity index is 3.01. The van der Waals surface area contributed by atoms with Gasteiger partial charge >= 0.3 is 0 Å². The molecule has 0 aliphatic carbocycles. The standard InChI is InChI=1S/C9H12FNO/c1-6(11-2)8-4-3-7(10)5-9(8)12/h3-6,11-12H,1-2H3/t6-/m1/s1. The molecular weight excluding hydrogens is 157 g/mol. The van der Waals surface area contributed by atoms with E-state index in [1.807, 2.05) is 6.92 Å². The van der Waals surface area contributed by atoms with Crippen molar-refractivity contribution in [1.82, 2.24) is 5.32 Å². The summed E-state index contributed by atoms with van der Waals surface area (Å²) in [7, 11) is 1.79. The van der Waals surface area contributed by atoms with Crippen molar-refractivity contribution in [3.63, 3.8) is 0 Å². The SMILES string of the molecule is CN[C@H](C)c1ccc(F)cc1O. The Bertz CT molecular complexity index is 275. The summed E-state index contributed by atoms with van der Waals surface area (Å²) in [5.41, 5.74) is 0.707. The molecule has 0 aliphatic heterocycles. The van der Waals surface area contributed by atoms with Gasteiger partial charge < -0.3 is 10.4 Å². The van der Waals surface area contributed by atoms with E-state index in [0.29, 0.717) is 5.56 Å². The number of rotatable bonds is 2. The second-order valence-electron chi connectivity index (χ2n) is 2.71. The topological polar surface area (TPSA) is 32.3 Å². The van der Waals surface area contributed by atoms with Crippen LogP contribution in [0.25, 0.3) is 0 Å². The molecule has 1 aromatic carbocycles. The normalized spacial score (nSPS) is 12.9. The largest absolute Gasteiger partial charge is 0.508 e. The van der Waals surface area contributed by atoms with Gasteiger partial charge in [-0.2, -0.15) is 0 Å². The maximum Gasteiger partial charge on any atom is 0.126 e. The van der Waals surface area contributed by atoms with E-state index in [1.165, 1.54) is 6.07 Å². The number of nitrogens with one attached hydrogen (secondary N) is 1. The Labute approximate surface area is 71.0 Å². The first-order chi connectivity index (χ1) is 5.65. The summed E-state index contributed by atoms with van der Waals surface area (Å²) >= 11 is 0.